The van der Waals surface area contributed by atoms with Gasteiger partial charge in [0.2, 0.25) is 0 Å². The van der Waals surface area contributed by atoms with Gasteiger partial charge in [0, 0.05) is 5.71 Å². The van der Waals surface area contributed by atoms with Gasteiger partial charge in [-0.1, -0.05) is 13.8 Å². The van der Waals surface area contributed by atoms with E-state index in [1.54, 1.807) is 6.92 Å². The third-order valence-corrected chi connectivity index (χ3v) is 1.26. The van der Waals surface area contributed by atoms with Gasteiger partial charge in [0.25, 0.3) is 0 Å². The van der Waals surface area contributed by atoms with Crippen LogP contribution in [0.4, 0.5) is 0 Å². The van der Waals surface area contributed by atoms with Crippen LogP contribution in [0.2, 0.25) is 0 Å². The molecule has 0 spiro atoms. The zero-order valence-electron chi connectivity index (χ0n) is 7.97. The van der Waals surface area contributed by atoms with Gasteiger partial charge in [0.15, 0.2) is 0 Å². The third kappa shape index (κ3) is 3.81. The molecule has 0 aliphatic heterocycles. The third-order valence-electron chi connectivity index (χ3n) is 1.26. The first-order valence-corrected chi connectivity index (χ1v) is 3.86. The van der Waals surface area contributed by atoms with Crippen molar-refractivity contribution in [1.82, 2.24) is 0 Å². The van der Waals surface area contributed by atoms with E-state index < -0.39 is 0 Å². The molecule has 0 radical (unpaired) electrons. The number of aliphatic hydroxyl groups is 1. The van der Waals surface area contributed by atoms with Gasteiger partial charge in [-0.3, -0.25) is 4.99 Å². The first kappa shape index (κ1) is 10.2. The number of rotatable bonds is 2. The molecular formula is C9H17NO. The molecule has 1 N–H and O–H groups in total. The highest BCUT2D eigenvalue weighted by Gasteiger charge is 2.04. The number of hydrogen-bond acceptors (Lipinski definition) is 2. The number of aliphatic hydroxyl groups excluding tert-OH is 1. The van der Waals surface area contributed by atoms with Crippen molar-refractivity contribution in [3.05, 3.63) is 11.5 Å². The molecule has 0 rings (SSSR count). The van der Waals surface area contributed by atoms with Crippen molar-refractivity contribution >= 4 is 5.71 Å². The summed E-state index contributed by atoms with van der Waals surface area (Å²) < 4.78 is 0. The fourth-order valence-corrected chi connectivity index (χ4v) is 0.869. The van der Waals surface area contributed by atoms with Crippen molar-refractivity contribution in [3.63, 3.8) is 0 Å². The topological polar surface area (TPSA) is 32.6 Å². The van der Waals surface area contributed by atoms with Crippen LogP contribution in [0.3, 0.4) is 0 Å². The van der Waals surface area contributed by atoms with Crippen molar-refractivity contribution in [2.24, 2.45) is 10.9 Å². The van der Waals surface area contributed by atoms with Gasteiger partial charge in [0.1, 0.15) is 5.76 Å². The SMILES string of the molecule is CC(C)=N/C(=C(/C)O)C(C)C. The van der Waals surface area contributed by atoms with Gasteiger partial charge in [-0.2, -0.15) is 0 Å². The lowest BCUT2D eigenvalue weighted by molar-refractivity contribution is 0.397. The first-order valence-electron chi connectivity index (χ1n) is 3.86. The monoisotopic (exact) mass is 155 g/mol. The lowest BCUT2D eigenvalue weighted by atomic mass is 10.1. The zero-order chi connectivity index (χ0) is 9.02. The Morgan fingerprint density at radius 3 is 1.73 bits per heavy atom. The van der Waals surface area contributed by atoms with E-state index >= 15 is 0 Å². The van der Waals surface area contributed by atoms with Gasteiger partial charge in [0.05, 0.1) is 5.70 Å². The molecular weight excluding hydrogens is 138 g/mol. The maximum Gasteiger partial charge on any atom is 0.111 e. The van der Waals surface area contributed by atoms with Gasteiger partial charge >= 0.3 is 0 Å². The number of nitrogens with zero attached hydrogens (tertiary/aromatic N) is 1. The lowest BCUT2D eigenvalue weighted by Crippen LogP contribution is -1.97. The lowest BCUT2D eigenvalue weighted by Gasteiger charge is -2.07. The standard InChI is InChI=1S/C9H17NO/c1-6(2)9(8(5)11)10-7(3)4/h6,11H,1-5H3/b9-8-. The molecule has 0 aliphatic rings. The molecule has 2 heteroatoms. The Morgan fingerprint density at radius 1 is 1.18 bits per heavy atom. The van der Waals surface area contributed by atoms with Crippen molar-refractivity contribution < 1.29 is 5.11 Å². The van der Waals surface area contributed by atoms with Crippen LogP contribution in [-0.2, 0) is 0 Å². The molecule has 0 aromatic carbocycles. The smallest absolute Gasteiger partial charge is 0.111 e. The quantitative estimate of drug-likeness (QED) is 0.482. The Hall–Kier alpha value is -0.790. The first-order chi connectivity index (χ1) is 4.95. The fraction of sp³-hybridized carbons (Fsp3) is 0.667. The largest absolute Gasteiger partial charge is 0.511 e. The fourth-order valence-electron chi connectivity index (χ4n) is 0.869. The van der Waals surface area contributed by atoms with Crippen LogP contribution in [0.15, 0.2) is 16.4 Å². The Morgan fingerprint density at radius 2 is 1.64 bits per heavy atom. The molecule has 64 valence electrons. The average molecular weight is 155 g/mol. The molecule has 0 saturated carbocycles. The van der Waals surface area contributed by atoms with E-state index in [1.807, 2.05) is 27.7 Å². The van der Waals surface area contributed by atoms with E-state index in [0.29, 0.717) is 5.76 Å². The summed E-state index contributed by atoms with van der Waals surface area (Å²) in [6.07, 6.45) is 0. The summed E-state index contributed by atoms with van der Waals surface area (Å²) in [6.45, 7) is 9.54. The summed E-state index contributed by atoms with van der Waals surface area (Å²) in [7, 11) is 0. The van der Waals surface area contributed by atoms with Crippen LogP contribution >= 0.6 is 0 Å². The van der Waals surface area contributed by atoms with Crippen molar-refractivity contribution in [2.75, 3.05) is 0 Å². The summed E-state index contributed by atoms with van der Waals surface area (Å²) in [4.78, 5) is 4.22. The minimum Gasteiger partial charge on any atom is -0.511 e. The molecule has 0 fully saturated rings. The highest BCUT2D eigenvalue weighted by molar-refractivity contribution is 5.80. The number of aliphatic imine (C=N–C) groups is 1. The van der Waals surface area contributed by atoms with E-state index in [-0.39, 0.29) is 5.92 Å². The van der Waals surface area contributed by atoms with E-state index in [2.05, 4.69) is 4.99 Å². The van der Waals surface area contributed by atoms with Gasteiger partial charge in [-0.05, 0) is 26.7 Å². The second-order valence-electron chi connectivity index (χ2n) is 3.18. The highest BCUT2D eigenvalue weighted by atomic mass is 16.3. The van der Waals surface area contributed by atoms with Crippen LogP contribution in [0, 0.1) is 5.92 Å². The van der Waals surface area contributed by atoms with Crippen LogP contribution < -0.4 is 0 Å². The summed E-state index contributed by atoms with van der Waals surface area (Å²) in [6, 6.07) is 0. The summed E-state index contributed by atoms with van der Waals surface area (Å²) in [5, 5.41) is 9.20. The average Bonchev–Trinajstić information content (AvgIpc) is 1.81. The molecule has 0 bridgehead atoms. The van der Waals surface area contributed by atoms with Gasteiger partial charge < -0.3 is 5.11 Å². The van der Waals surface area contributed by atoms with Crippen molar-refractivity contribution in [3.8, 4) is 0 Å². The molecule has 0 heterocycles. The molecule has 11 heavy (non-hydrogen) atoms. The van der Waals surface area contributed by atoms with E-state index in [4.69, 9.17) is 0 Å². The van der Waals surface area contributed by atoms with Crippen molar-refractivity contribution in [2.45, 2.75) is 34.6 Å². The maximum absolute atomic E-state index is 9.20. The Balaban J connectivity index is 4.66. The number of hydrogen-bond donors (Lipinski definition) is 1. The predicted molar refractivity (Wildman–Crippen MR) is 48.9 cm³/mol. The molecule has 0 unspecified atom stereocenters. The molecule has 0 aromatic heterocycles. The zero-order valence-corrected chi connectivity index (χ0v) is 7.97. The predicted octanol–water partition coefficient (Wildman–Crippen LogP) is 2.91. The second-order valence-corrected chi connectivity index (χ2v) is 3.18. The van der Waals surface area contributed by atoms with E-state index in [9.17, 15) is 5.11 Å². The van der Waals surface area contributed by atoms with Crippen LogP contribution in [0.25, 0.3) is 0 Å². The van der Waals surface area contributed by atoms with E-state index in [1.165, 1.54) is 0 Å². The molecule has 0 aliphatic carbocycles. The van der Waals surface area contributed by atoms with E-state index in [0.717, 1.165) is 11.4 Å². The van der Waals surface area contributed by atoms with Gasteiger partial charge in [-0.25, -0.2) is 0 Å². The minimum atomic E-state index is 0.287. The number of allylic oxidation sites excluding steroid dienone is 2. The summed E-state index contributed by atoms with van der Waals surface area (Å²) in [5.41, 5.74) is 1.76. The van der Waals surface area contributed by atoms with Gasteiger partial charge in [-0.15, -0.1) is 0 Å². The molecule has 0 atom stereocenters. The Labute approximate surface area is 68.7 Å². The normalized spacial score (nSPS) is 12.9. The Bertz CT molecular complexity index is 182. The highest BCUT2D eigenvalue weighted by Crippen LogP contribution is 2.14. The summed E-state index contributed by atoms with van der Waals surface area (Å²) in [5.74, 6) is 0.608. The van der Waals surface area contributed by atoms with Crippen molar-refractivity contribution in [1.29, 1.82) is 0 Å². The molecule has 0 saturated heterocycles. The molecule has 2 nitrogen and oxygen atoms in total. The molecule has 0 aromatic rings. The minimum absolute atomic E-state index is 0.287. The van der Waals surface area contributed by atoms with Crippen LogP contribution in [-0.4, -0.2) is 10.8 Å². The van der Waals surface area contributed by atoms with Crippen LogP contribution in [0.5, 0.6) is 0 Å². The van der Waals surface area contributed by atoms with Crippen LogP contribution in [0.1, 0.15) is 34.6 Å². The summed E-state index contributed by atoms with van der Waals surface area (Å²) >= 11 is 0. The molecule has 0 amide bonds. The Kier molecular flexibility index (Phi) is 3.86. The second kappa shape index (κ2) is 4.16. The maximum atomic E-state index is 9.20.